The lowest BCUT2D eigenvalue weighted by molar-refractivity contribution is -0.142. The van der Waals surface area contributed by atoms with Crippen molar-refractivity contribution in [2.75, 3.05) is 44.9 Å². The van der Waals surface area contributed by atoms with E-state index in [9.17, 15) is 9.59 Å². The fraction of sp³-hybridized carbons (Fsp3) is 0.333. The molecule has 1 fully saturated rings. The van der Waals surface area contributed by atoms with E-state index in [4.69, 9.17) is 25.8 Å². The fourth-order valence-electron chi connectivity index (χ4n) is 3.54. The SMILES string of the molecule is COc1ccc(Cl)cc1C(=O)N1C[C@H](C(=O)N2CCOCC2)Oc2ccccc21. The molecule has 0 radical (unpaired) electrons. The van der Waals surface area contributed by atoms with E-state index in [1.165, 1.54) is 7.11 Å². The lowest BCUT2D eigenvalue weighted by Crippen LogP contribution is -2.54. The maximum Gasteiger partial charge on any atom is 0.265 e. The van der Waals surface area contributed by atoms with Crippen molar-refractivity contribution in [2.24, 2.45) is 0 Å². The van der Waals surface area contributed by atoms with Crippen molar-refractivity contribution in [1.82, 2.24) is 4.90 Å². The number of hydrogen-bond donors (Lipinski definition) is 0. The molecule has 2 aromatic carbocycles. The number of morpholine rings is 1. The van der Waals surface area contributed by atoms with Crippen LogP contribution in [0.25, 0.3) is 0 Å². The minimum absolute atomic E-state index is 0.0989. The van der Waals surface area contributed by atoms with Crippen LogP contribution < -0.4 is 14.4 Å². The fourth-order valence-corrected chi connectivity index (χ4v) is 3.71. The molecular weight excluding hydrogens is 396 g/mol. The van der Waals surface area contributed by atoms with Crippen LogP contribution >= 0.6 is 11.6 Å². The summed E-state index contributed by atoms with van der Waals surface area (Å²) in [6.07, 6.45) is -0.794. The number of carbonyl (C=O) groups excluding carboxylic acids is 2. The van der Waals surface area contributed by atoms with Gasteiger partial charge in [-0.3, -0.25) is 9.59 Å². The zero-order valence-electron chi connectivity index (χ0n) is 16.0. The van der Waals surface area contributed by atoms with E-state index < -0.39 is 6.10 Å². The Morgan fingerprint density at radius 1 is 1.14 bits per heavy atom. The van der Waals surface area contributed by atoms with Crippen LogP contribution in [0, 0.1) is 0 Å². The Morgan fingerprint density at radius 2 is 1.90 bits per heavy atom. The molecule has 2 heterocycles. The first-order valence-corrected chi connectivity index (χ1v) is 9.74. The number of fused-ring (bicyclic) bond motifs is 1. The summed E-state index contributed by atoms with van der Waals surface area (Å²) >= 11 is 6.11. The first-order valence-electron chi connectivity index (χ1n) is 9.36. The normalized spacial score (nSPS) is 18.6. The van der Waals surface area contributed by atoms with Crippen LogP contribution in [-0.2, 0) is 9.53 Å². The van der Waals surface area contributed by atoms with Gasteiger partial charge in [0.25, 0.3) is 11.8 Å². The Hall–Kier alpha value is -2.77. The van der Waals surface area contributed by atoms with Crippen molar-refractivity contribution in [3.05, 3.63) is 53.1 Å². The lowest BCUT2D eigenvalue weighted by atomic mass is 10.1. The second-order valence-corrected chi connectivity index (χ2v) is 7.21. The molecule has 7 nitrogen and oxygen atoms in total. The zero-order valence-corrected chi connectivity index (χ0v) is 16.7. The maximum absolute atomic E-state index is 13.4. The van der Waals surface area contributed by atoms with Crippen molar-refractivity contribution < 1.29 is 23.8 Å². The summed E-state index contributed by atoms with van der Waals surface area (Å²) in [7, 11) is 1.50. The number of halogens is 1. The highest BCUT2D eigenvalue weighted by Crippen LogP contribution is 2.36. The molecule has 0 unspecified atom stereocenters. The first-order chi connectivity index (χ1) is 14.1. The Balaban J connectivity index is 1.67. The predicted molar refractivity (Wildman–Crippen MR) is 108 cm³/mol. The van der Waals surface area contributed by atoms with Gasteiger partial charge in [0.1, 0.15) is 11.5 Å². The Bertz CT molecular complexity index is 929. The number of para-hydroxylation sites is 2. The number of anilines is 1. The van der Waals surface area contributed by atoms with Crippen molar-refractivity contribution >= 4 is 29.1 Å². The summed E-state index contributed by atoms with van der Waals surface area (Å²) in [5.41, 5.74) is 0.930. The zero-order chi connectivity index (χ0) is 20.4. The molecule has 1 saturated heterocycles. The molecule has 0 bridgehead atoms. The molecule has 0 aromatic heterocycles. The average molecular weight is 417 g/mol. The Morgan fingerprint density at radius 3 is 2.66 bits per heavy atom. The van der Waals surface area contributed by atoms with E-state index in [0.29, 0.717) is 54.1 Å². The molecule has 0 spiro atoms. The molecule has 0 saturated carbocycles. The van der Waals surface area contributed by atoms with Crippen LogP contribution in [0.4, 0.5) is 5.69 Å². The molecule has 2 aliphatic rings. The topological polar surface area (TPSA) is 68.3 Å². The van der Waals surface area contributed by atoms with Gasteiger partial charge in [0.15, 0.2) is 6.10 Å². The van der Waals surface area contributed by atoms with Crippen molar-refractivity contribution in [1.29, 1.82) is 0 Å². The van der Waals surface area contributed by atoms with Gasteiger partial charge < -0.3 is 24.0 Å². The van der Waals surface area contributed by atoms with Crippen LogP contribution in [0.15, 0.2) is 42.5 Å². The van der Waals surface area contributed by atoms with E-state index in [-0.39, 0.29) is 18.4 Å². The predicted octanol–water partition coefficient (Wildman–Crippen LogP) is 2.62. The number of rotatable bonds is 3. The number of carbonyl (C=O) groups is 2. The smallest absolute Gasteiger partial charge is 0.265 e. The molecule has 8 heteroatoms. The van der Waals surface area contributed by atoms with Gasteiger partial charge in [0.05, 0.1) is 38.1 Å². The summed E-state index contributed by atoms with van der Waals surface area (Å²) in [6, 6.07) is 12.1. The monoisotopic (exact) mass is 416 g/mol. The minimum atomic E-state index is -0.794. The average Bonchev–Trinajstić information content (AvgIpc) is 2.78. The second-order valence-electron chi connectivity index (χ2n) is 6.77. The summed E-state index contributed by atoms with van der Waals surface area (Å²) in [4.78, 5) is 29.7. The van der Waals surface area contributed by atoms with Gasteiger partial charge in [-0.15, -0.1) is 0 Å². The van der Waals surface area contributed by atoms with Gasteiger partial charge in [-0.1, -0.05) is 23.7 Å². The number of benzene rings is 2. The van der Waals surface area contributed by atoms with E-state index in [1.807, 2.05) is 12.1 Å². The third-order valence-electron chi connectivity index (χ3n) is 5.01. The van der Waals surface area contributed by atoms with E-state index >= 15 is 0 Å². The molecule has 2 aromatic rings. The van der Waals surface area contributed by atoms with Gasteiger partial charge in [-0.25, -0.2) is 0 Å². The number of methoxy groups -OCH3 is 1. The van der Waals surface area contributed by atoms with Crippen molar-refractivity contribution in [2.45, 2.75) is 6.10 Å². The van der Waals surface area contributed by atoms with Crippen LogP contribution in [0.1, 0.15) is 10.4 Å². The molecule has 4 rings (SSSR count). The maximum atomic E-state index is 13.4. The molecule has 1 atom stereocenters. The highest BCUT2D eigenvalue weighted by Gasteiger charge is 2.37. The number of amides is 2. The highest BCUT2D eigenvalue weighted by molar-refractivity contribution is 6.31. The van der Waals surface area contributed by atoms with E-state index in [1.54, 1.807) is 40.1 Å². The largest absolute Gasteiger partial charge is 0.496 e. The van der Waals surface area contributed by atoms with Crippen molar-refractivity contribution in [3.8, 4) is 11.5 Å². The molecule has 2 aliphatic heterocycles. The molecule has 0 N–H and O–H groups in total. The summed E-state index contributed by atoms with van der Waals surface area (Å²) in [5, 5.41) is 0.427. The first kappa shape index (κ1) is 19.5. The summed E-state index contributed by atoms with van der Waals surface area (Å²) in [6.45, 7) is 2.11. The quantitative estimate of drug-likeness (QED) is 0.769. The number of nitrogens with zero attached hydrogens (tertiary/aromatic N) is 2. The molecule has 29 heavy (non-hydrogen) atoms. The van der Waals surface area contributed by atoms with Gasteiger partial charge in [0.2, 0.25) is 0 Å². The molecular formula is C21H21ClN2O5. The lowest BCUT2D eigenvalue weighted by Gasteiger charge is -2.37. The third kappa shape index (κ3) is 3.88. The molecule has 2 amide bonds. The minimum Gasteiger partial charge on any atom is -0.496 e. The molecule has 152 valence electrons. The van der Waals surface area contributed by atoms with Gasteiger partial charge in [-0.2, -0.15) is 0 Å². The van der Waals surface area contributed by atoms with Crippen LogP contribution in [0.3, 0.4) is 0 Å². The Kier molecular flexibility index (Phi) is 5.60. The van der Waals surface area contributed by atoms with E-state index in [2.05, 4.69) is 0 Å². The van der Waals surface area contributed by atoms with Gasteiger partial charge >= 0.3 is 0 Å². The van der Waals surface area contributed by atoms with Gasteiger partial charge in [0, 0.05) is 18.1 Å². The van der Waals surface area contributed by atoms with E-state index in [0.717, 1.165) is 0 Å². The van der Waals surface area contributed by atoms with Gasteiger partial charge in [-0.05, 0) is 30.3 Å². The Labute approximate surface area is 173 Å². The van der Waals surface area contributed by atoms with Crippen LogP contribution in [0.5, 0.6) is 11.5 Å². The van der Waals surface area contributed by atoms with Crippen molar-refractivity contribution in [3.63, 3.8) is 0 Å². The van der Waals surface area contributed by atoms with Crippen LogP contribution in [-0.4, -0.2) is 62.8 Å². The summed E-state index contributed by atoms with van der Waals surface area (Å²) < 4.78 is 16.6. The highest BCUT2D eigenvalue weighted by atomic mass is 35.5. The third-order valence-corrected chi connectivity index (χ3v) is 5.24. The van der Waals surface area contributed by atoms with Crippen LogP contribution in [0.2, 0.25) is 5.02 Å². The second kappa shape index (κ2) is 8.31. The molecule has 0 aliphatic carbocycles. The number of ether oxygens (including phenoxy) is 3. The standard InChI is InChI=1S/C21H21ClN2O5/c1-27-17-7-6-14(22)12-15(17)20(25)24-13-19(21(26)23-8-10-28-11-9-23)29-18-5-3-2-4-16(18)24/h2-7,12,19H,8-11,13H2,1H3/t19-/m1/s1. The number of hydrogen-bond acceptors (Lipinski definition) is 5. The summed E-state index contributed by atoms with van der Waals surface area (Å²) in [5.74, 6) is 0.442.